The van der Waals surface area contributed by atoms with E-state index in [0.717, 1.165) is 45.3 Å². The molecule has 5 nitrogen and oxygen atoms in total. The number of benzene rings is 1. The second kappa shape index (κ2) is 7.44. The Morgan fingerprint density at radius 3 is 2.88 bits per heavy atom. The van der Waals surface area contributed by atoms with Crippen LogP contribution >= 0.6 is 0 Å². The maximum atomic E-state index is 13.4. The zero-order valence-electron chi connectivity index (χ0n) is 15.1. The van der Waals surface area contributed by atoms with Gasteiger partial charge in [-0.15, -0.1) is 0 Å². The van der Waals surface area contributed by atoms with Crippen LogP contribution in [0.1, 0.15) is 44.1 Å². The summed E-state index contributed by atoms with van der Waals surface area (Å²) in [6.45, 7) is 5.11. The normalized spacial score (nSPS) is 33.2. The third-order valence-corrected chi connectivity index (χ3v) is 6.36. The van der Waals surface area contributed by atoms with Gasteiger partial charge in [-0.1, -0.05) is 37.3 Å². The Morgan fingerprint density at radius 1 is 1.24 bits per heavy atom. The lowest BCUT2D eigenvalue weighted by Crippen LogP contribution is -2.52. The number of hydrazine groups is 1. The molecule has 3 aliphatic heterocycles. The number of hydrogen-bond acceptors (Lipinski definition) is 4. The Bertz CT molecular complexity index is 593. The third-order valence-electron chi connectivity index (χ3n) is 6.36. The van der Waals surface area contributed by atoms with Gasteiger partial charge in [0.1, 0.15) is 6.04 Å². The van der Waals surface area contributed by atoms with Crippen molar-refractivity contribution in [3.05, 3.63) is 35.9 Å². The lowest BCUT2D eigenvalue weighted by atomic mass is 9.86. The molecule has 3 N–H and O–H groups in total. The van der Waals surface area contributed by atoms with Crippen LogP contribution in [-0.4, -0.2) is 48.6 Å². The molecule has 5 unspecified atom stereocenters. The molecule has 0 bridgehead atoms. The number of nitrogens with one attached hydrogen (secondary N) is 3. The minimum Gasteiger partial charge on any atom is -0.338 e. The largest absolute Gasteiger partial charge is 0.338 e. The topological polar surface area (TPSA) is 56.4 Å². The Labute approximate surface area is 150 Å². The summed E-state index contributed by atoms with van der Waals surface area (Å²) < 4.78 is 0. The number of carbonyl (C=O) groups excluding carboxylic acids is 1. The number of likely N-dealkylation sites (tertiary alicyclic amines) is 1. The number of amides is 1. The Hall–Kier alpha value is -1.43. The van der Waals surface area contributed by atoms with Crippen molar-refractivity contribution in [3.8, 4) is 0 Å². The van der Waals surface area contributed by atoms with Crippen LogP contribution in [0.25, 0.3) is 0 Å². The highest BCUT2D eigenvalue weighted by Crippen LogP contribution is 2.35. The van der Waals surface area contributed by atoms with Crippen molar-refractivity contribution in [2.24, 2.45) is 5.92 Å². The molecule has 0 spiro atoms. The van der Waals surface area contributed by atoms with Crippen LogP contribution in [0.15, 0.2) is 30.3 Å². The average molecular weight is 342 g/mol. The summed E-state index contributed by atoms with van der Waals surface area (Å²) >= 11 is 0. The highest BCUT2D eigenvalue weighted by molar-refractivity contribution is 5.83. The molecule has 3 aliphatic rings. The SMILES string of the molecule is CCC(c1ccccc1)C1CCCN1C(=O)C1NNC2CCNCC21. The van der Waals surface area contributed by atoms with E-state index in [0.29, 0.717) is 29.8 Å². The maximum Gasteiger partial charge on any atom is 0.241 e. The highest BCUT2D eigenvalue weighted by Gasteiger charge is 2.45. The molecule has 1 aromatic rings. The first-order valence-corrected chi connectivity index (χ1v) is 9.86. The quantitative estimate of drug-likeness (QED) is 0.778. The Morgan fingerprint density at radius 2 is 2.08 bits per heavy atom. The van der Waals surface area contributed by atoms with Gasteiger partial charge in [-0.3, -0.25) is 10.2 Å². The molecule has 0 aromatic heterocycles. The molecule has 5 atom stereocenters. The zero-order chi connectivity index (χ0) is 17.2. The summed E-state index contributed by atoms with van der Waals surface area (Å²) in [6.07, 6.45) is 4.40. The van der Waals surface area contributed by atoms with Crippen molar-refractivity contribution in [1.82, 2.24) is 21.1 Å². The Kier molecular flexibility index (Phi) is 5.06. The lowest BCUT2D eigenvalue weighted by molar-refractivity contribution is -0.135. The fourth-order valence-electron chi connectivity index (χ4n) is 5.05. The predicted octanol–water partition coefficient (Wildman–Crippen LogP) is 1.63. The smallest absolute Gasteiger partial charge is 0.241 e. The molecular weight excluding hydrogens is 312 g/mol. The van der Waals surface area contributed by atoms with Gasteiger partial charge in [0, 0.05) is 37.0 Å². The van der Waals surface area contributed by atoms with Crippen molar-refractivity contribution in [2.75, 3.05) is 19.6 Å². The summed E-state index contributed by atoms with van der Waals surface area (Å²) in [5, 5.41) is 3.45. The van der Waals surface area contributed by atoms with Crippen LogP contribution in [0.2, 0.25) is 0 Å². The molecule has 3 heterocycles. The van der Waals surface area contributed by atoms with Crippen LogP contribution < -0.4 is 16.2 Å². The molecule has 1 amide bonds. The van der Waals surface area contributed by atoms with Crippen LogP contribution in [0.4, 0.5) is 0 Å². The molecule has 5 heteroatoms. The van der Waals surface area contributed by atoms with Gasteiger partial charge in [-0.25, -0.2) is 5.43 Å². The van der Waals surface area contributed by atoms with Gasteiger partial charge < -0.3 is 10.2 Å². The van der Waals surface area contributed by atoms with E-state index in [1.807, 2.05) is 0 Å². The summed E-state index contributed by atoms with van der Waals surface area (Å²) in [7, 11) is 0. The predicted molar refractivity (Wildman–Crippen MR) is 99.0 cm³/mol. The number of hydrogen-bond donors (Lipinski definition) is 3. The van der Waals surface area contributed by atoms with E-state index in [1.165, 1.54) is 5.56 Å². The van der Waals surface area contributed by atoms with E-state index in [2.05, 4.69) is 58.3 Å². The van der Waals surface area contributed by atoms with Crippen molar-refractivity contribution < 1.29 is 4.79 Å². The average Bonchev–Trinajstić information content (AvgIpc) is 3.30. The zero-order valence-corrected chi connectivity index (χ0v) is 15.1. The second-order valence-electron chi connectivity index (χ2n) is 7.70. The Balaban J connectivity index is 1.52. The summed E-state index contributed by atoms with van der Waals surface area (Å²) in [5.41, 5.74) is 8.04. The van der Waals surface area contributed by atoms with Crippen LogP contribution in [-0.2, 0) is 4.79 Å². The standard InChI is InChI=1S/C20H30N4O/c1-2-15(14-7-4-3-5-8-14)18-9-6-12-24(18)20(25)19-16-13-21-11-10-17(16)22-23-19/h3-5,7-8,15-19,21-23H,2,6,9-13H2,1H3. The molecule has 4 rings (SSSR count). The molecule has 0 aliphatic carbocycles. The molecule has 3 fully saturated rings. The van der Waals surface area contributed by atoms with Crippen molar-refractivity contribution >= 4 is 5.91 Å². The monoisotopic (exact) mass is 342 g/mol. The highest BCUT2D eigenvalue weighted by atomic mass is 16.2. The summed E-state index contributed by atoms with van der Waals surface area (Å²) in [5.74, 6) is 1.09. The van der Waals surface area contributed by atoms with Gasteiger partial charge in [0.2, 0.25) is 5.91 Å². The number of piperidine rings is 1. The van der Waals surface area contributed by atoms with E-state index in [9.17, 15) is 4.79 Å². The van der Waals surface area contributed by atoms with E-state index >= 15 is 0 Å². The number of nitrogens with zero attached hydrogens (tertiary/aromatic N) is 1. The van der Waals surface area contributed by atoms with E-state index in [1.54, 1.807) is 0 Å². The van der Waals surface area contributed by atoms with Gasteiger partial charge in [0.25, 0.3) is 0 Å². The van der Waals surface area contributed by atoms with E-state index < -0.39 is 0 Å². The van der Waals surface area contributed by atoms with Gasteiger partial charge in [-0.05, 0) is 37.8 Å². The molecule has 0 saturated carbocycles. The molecule has 1 aromatic carbocycles. The molecule has 0 radical (unpaired) electrons. The second-order valence-corrected chi connectivity index (χ2v) is 7.70. The van der Waals surface area contributed by atoms with E-state index in [4.69, 9.17) is 0 Å². The number of rotatable bonds is 4. The molecule has 3 saturated heterocycles. The number of carbonyl (C=O) groups is 1. The van der Waals surface area contributed by atoms with Gasteiger partial charge in [-0.2, -0.15) is 0 Å². The van der Waals surface area contributed by atoms with Crippen molar-refractivity contribution in [3.63, 3.8) is 0 Å². The van der Waals surface area contributed by atoms with Crippen LogP contribution in [0, 0.1) is 5.92 Å². The first kappa shape index (κ1) is 17.0. The fourth-order valence-corrected chi connectivity index (χ4v) is 5.05. The van der Waals surface area contributed by atoms with Gasteiger partial charge >= 0.3 is 0 Å². The first-order chi connectivity index (χ1) is 12.3. The summed E-state index contributed by atoms with van der Waals surface area (Å²) in [6, 6.07) is 11.4. The first-order valence-electron chi connectivity index (χ1n) is 9.86. The van der Waals surface area contributed by atoms with Crippen molar-refractivity contribution in [1.29, 1.82) is 0 Å². The van der Waals surface area contributed by atoms with Crippen molar-refractivity contribution in [2.45, 2.75) is 56.7 Å². The molecule has 136 valence electrons. The summed E-state index contributed by atoms with van der Waals surface area (Å²) in [4.78, 5) is 15.5. The van der Waals surface area contributed by atoms with Gasteiger partial charge in [0.15, 0.2) is 0 Å². The van der Waals surface area contributed by atoms with Gasteiger partial charge in [0.05, 0.1) is 0 Å². The fraction of sp³-hybridized carbons (Fsp3) is 0.650. The molecule has 25 heavy (non-hydrogen) atoms. The number of fused-ring (bicyclic) bond motifs is 1. The molecular formula is C20H30N4O. The van der Waals surface area contributed by atoms with E-state index in [-0.39, 0.29) is 6.04 Å². The lowest BCUT2D eigenvalue weighted by Gasteiger charge is -2.35. The minimum absolute atomic E-state index is 0.0910. The third kappa shape index (κ3) is 3.21. The minimum atomic E-state index is -0.0910. The van der Waals surface area contributed by atoms with Crippen LogP contribution in [0.5, 0.6) is 0 Å². The maximum absolute atomic E-state index is 13.4. The van der Waals surface area contributed by atoms with Crippen LogP contribution in [0.3, 0.4) is 0 Å².